The maximum Gasteiger partial charge on any atom is 0.122 e. The van der Waals surface area contributed by atoms with Gasteiger partial charge in [-0.2, -0.15) is 0 Å². The standard InChI is InChI=1S/C16H17BrN2O/c1-10-7-14(9-18-16(10)17)19-11(2)12-3-4-15-13(8-12)5-6-20-15/h3-4,7-9,11,19H,5-6H2,1-2H3. The highest BCUT2D eigenvalue weighted by molar-refractivity contribution is 9.10. The summed E-state index contributed by atoms with van der Waals surface area (Å²) in [6.07, 6.45) is 2.86. The summed E-state index contributed by atoms with van der Waals surface area (Å²) in [5.74, 6) is 1.03. The second kappa shape index (κ2) is 5.44. The molecule has 1 aromatic carbocycles. The van der Waals surface area contributed by atoms with Gasteiger partial charge in [0.2, 0.25) is 0 Å². The van der Waals surface area contributed by atoms with Gasteiger partial charge in [0.25, 0.3) is 0 Å². The van der Waals surface area contributed by atoms with Crippen LogP contribution in [0.3, 0.4) is 0 Å². The van der Waals surface area contributed by atoms with E-state index in [1.165, 1.54) is 11.1 Å². The molecule has 0 spiro atoms. The van der Waals surface area contributed by atoms with Gasteiger partial charge in [-0.3, -0.25) is 0 Å². The normalized spacial score (nSPS) is 14.6. The Kier molecular flexibility index (Phi) is 3.66. The monoisotopic (exact) mass is 332 g/mol. The number of fused-ring (bicyclic) bond motifs is 1. The third-order valence-electron chi connectivity index (χ3n) is 3.61. The van der Waals surface area contributed by atoms with E-state index in [2.05, 4.69) is 57.4 Å². The minimum atomic E-state index is 0.239. The number of nitrogens with zero attached hydrogens (tertiary/aromatic N) is 1. The van der Waals surface area contributed by atoms with E-state index in [4.69, 9.17) is 4.74 Å². The molecule has 0 amide bonds. The van der Waals surface area contributed by atoms with Gasteiger partial charge in [-0.15, -0.1) is 0 Å². The number of benzene rings is 1. The zero-order chi connectivity index (χ0) is 14.1. The molecule has 0 aliphatic carbocycles. The quantitative estimate of drug-likeness (QED) is 0.852. The number of pyridine rings is 1. The molecular weight excluding hydrogens is 316 g/mol. The van der Waals surface area contributed by atoms with E-state index in [1.807, 2.05) is 13.1 Å². The summed E-state index contributed by atoms with van der Waals surface area (Å²) in [4.78, 5) is 4.32. The molecule has 1 aliphatic heterocycles. The molecule has 104 valence electrons. The van der Waals surface area contributed by atoms with Crippen molar-refractivity contribution in [2.45, 2.75) is 26.3 Å². The summed E-state index contributed by atoms with van der Waals surface area (Å²) >= 11 is 3.42. The Morgan fingerprint density at radius 2 is 2.20 bits per heavy atom. The number of nitrogens with one attached hydrogen (secondary N) is 1. The molecule has 0 saturated heterocycles. The molecule has 2 aromatic rings. The van der Waals surface area contributed by atoms with Crippen LogP contribution in [0.5, 0.6) is 5.75 Å². The third-order valence-corrected chi connectivity index (χ3v) is 4.44. The predicted octanol–water partition coefficient (Wildman–Crippen LogP) is 4.26. The van der Waals surface area contributed by atoms with Crippen LogP contribution in [0.25, 0.3) is 0 Å². The first kappa shape index (κ1) is 13.4. The number of anilines is 1. The first-order valence-corrected chi connectivity index (χ1v) is 7.57. The first-order chi connectivity index (χ1) is 9.63. The molecule has 1 aromatic heterocycles. The first-order valence-electron chi connectivity index (χ1n) is 6.78. The van der Waals surface area contributed by atoms with Gasteiger partial charge in [0, 0.05) is 12.5 Å². The van der Waals surface area contributed by atoms with Gasteiger partial charge in [-0.05, 0) is 64.7 Å². The fourth-order valence-corrected chi connectivity index (χ4v) is 2.66. The third kappa shape index (κ3) is 2.66. The topological polar surface area (TPSA) is 34.1 Å². The molecule has 0 bridgehead atoms. The Hall–Kier alpha value is -1.55. The van der Waals surface area contributed by atoms with Crippen LogP contribution in [0, 0.1) is 6.92 Å². The van der Waals surface area contributed by atoms with Gasteiger partial charge in [-0.25, -0.2) is 4.98 Å². The fourth-order valence-electron chi connectivity index (χ4n) is 2.45. The van der Waals surface area contributed by atoms with E-state index < -0.39 is 0 Å². The summed E-state index contributed by atoms with van der Waals surface area (Å²) in [5, 5.41) is 3.49. The maximum absolute atomic E-state index is 5.54. The van der Waals surface area contributed by atoms with Crippen LogP contribution in [0.4, 0.5) is 5.69 Å². The zero-order valence-corrected chi connectivity index (χ0v) is 13.2. The summed E-state index contributed by atoms with van der Waals surface area (Å²) in [5.41, 5.74) is 4.75. The Balaban J connectivity index is 1.78. The summed E-state index contributed by atoms with van der Waals surface area (Å²) in [6, 6.07) is 8.77. The number of hydrogen-bond donors (Lipinski definition) is 1. The Bertz CT molecular complexity index is 642. The predicted molar refractivity (Wildman–Crippen MR) is 84.4 cm³/mol. The van der Waals surface area contributed by atoms with Gasteiger partial charge in [0.1, 0.15) is 10.4 Å². The van der Waals surface area contributed by atoms with Crippen molar-refractivity contribution in [2.24, 2.45) is 0 Å². The van der Waals surface area contributed by atoms with Gasteiger partial charge in [-0.1, -0.05) is 6.07 Å². The summed E-state index contributed by atoms with van der Waals surface area (Å²) in [6.45, 7) is 5.00. The van der Waals surface area contributed by atoms with E-state index in [1.54, 1.807) is 0 Å². The number of aryl methyl sites for hydroxylation is 1. The molecule has 20 heavy (non-hydrogen) atoms. The highest BCUT2D eigenvalue weighted by Gasteiger charge is 2.14. The molecule has 2 heterocycles. The highest BCUT2D eigenvalue weighted by atomic mass is 79.9. The maximum atomic E-state index is 5.54. The highest BCUT2D eigenvalue weighted by Crippen LogP contribution is 2.29. The van der Waals surface area contributed by atoms with Crippen molar-refractivity contribution in [2.75, 3.05) is 11.9 Å². The van der Waals surface area contributed by atoms with Crippen LogP contribution < -0.4 is 10.1 Å². The molecule has 1 N–H and O–H groups in total. The minimum absolute atomic E-state index is 0.239. The minimum Gasteiger partial charge on any atom is -0.493 e. The lowest BCUT2D eigenvalue weighted by molar-refractivity contribution is 0.357. The molecule has 0 saturated carbocycles. The van der Waals surface area contributed by atoms with Crippen LogP contribution >= 0.6 is 15.9 Å². The smallest absolute Gasteiger partial charge is 0.122 e. The number of rotatable bonds is 3. The average Bonchev–Trinajstić information content (AvgIpc) is 2.90. The van der Waals surface area contributed by atoms with Gasteiger partial charge in [0.05, 0.1) is 18.5 Å². The summed E-state index contributed by atoms with van der Waals surface area (Å²) in [7, 11) is 0. The number of halogens is 1. The van der Waals surface area contributed by atoms with E-state index in [-0.39, 0.29) is 6.04 Å². The van der Waals surface area contributed by atoms with Gasteiger partial charge in [0.15, 0.2) is 0 Å². The molecule has 1 unspecified atom stereocenters. The zero-order valence-electron chi connectivity index (χ0n) is 11.6. The molecule has 3 rings (SSSR count). The number of ether oxygens (including phenoxy) is 1. The van der Waals surface area contributed by atoms with Crippen molar-refractivity contribution in [3.63, 3.8) is 0 Å². The van der Waals surface area contributed by atoms with Crippen LogP contribution in [0.1, 0.15) is 29.7 Å². The van der Waals surface area contributed by atoms with Crippen molar-refractivity contribution in [3.05, 3.63) is 51.8 Å². The molecule has 3 nitrogen and oxygen atoms in total. The van der Waals surface area contributed by atoms with Crippen LogP contribution in [0.15, 0.2) is 35.1 Å². The Morgan fingerprint density at radius 1 is 1.35 bits per heavy atom. The summed E-state index contributed by atoms with van der Waals surface area (Å²) < 4.78 is 6.44. The van der Waals surface area contributed by atoms with Crippen molar-refractivity contribution in [1.82, 2.24) is 4.98 Å². The Labute approximate surface area is 127 Å². The van der Waals surface area contributed by atoms with Crippen LogP contribution in [-0.2, 0) is 6.42 Å². The second-order valence-electron chi connectivity index (χ2n) is 5.16. The van der Waals surface area contributed by atoms with Crippen molar-refractivity contribution < 1.29 is 4.74 Å². The van der Waals surface area contributed by atoms with E-state index >= 15 is 0 Å². The fraction of sp³-hybridized carbons (Fsp3) is 0.312. The van der Waals surface area contributed by atoms with Crippen molar-refractivity contribution in [3.8, 4) is 5.75 Å². The lowest BCUT2D eigenvalue weighted by Gasteiger charge is -2.17. The molecule has 4 heteroatoms. The molecular formula is C16H17BrN2O. The molecule has 1 atom stereocenters. The largest absolute Gasteiger partial charge is 0.493 e. The number of hydrogen-bond acceptors (Lipinski definition) is 3. The van der Waals surface area contributed by atoms with E-state index in [0.29, 0.717) is 0 Å². The molecule has 1 aliphatic rings. The average molecular weight is 333 g/mol. The SMILES string of the molecule is Cc1cc(NC(C)c2ccc3c(c2)CCO3)cnc1Br. The van der Waals surface area contributed by atoms with E-state index in [0.717, 1.165) is 34.6 Å². The lowest BCUT2D eigenvalue weighted by atomic mass is 10.0. The van der Waals surface area contributed by atoms with Crippen molar-refractivity contribution in [1.29, 1.82) is 0 Å². The van der Waals surface area contributed by atoms with Gasteiger partial charge < -0.3 is 10.1 Å². The molecule has 0 radical (unpaired) electrons. The van der Waals surface area contributed by atoms with Crippen LogP contribution in [-0.4, -0.2) is 11.6 Å². The number of aromatic nitrogens is 1. The lowest BCUT2D eigenvalue weighted by Crippen LogP contribution is -2.07. The van der Waals surface area contributed by atoms with E-state index in [9.17, 15) is 0 Å². The van der Waals surface area contributed by atoms with Gasteiger partial charge >= 0.3 is 0 Å². The second-order valence-corrected chi connectivity index (χ2v) is 5.91. The van der Waals surface area contributed by atoms with Crippen molar-refractivity contribution >= 4 is 21.6 Å². The van der Waals surface area contributed by atoms with Crippen LogP contribution in [0.2, 0.25) is 0 Å². The molecule has 0 fully saturated rings. The Morgan fingerprint density at radius 3 is 3.00 bits per heavy atom.